The van der Waals surface area contributed by atoms with Crippen LogP contribution in [0, 0.1) is 17.2 Å². The lowest BCUT2D eigenvalue weighted by molar-refractivity contribution is -0.0123. The molecule has 1 aliphatic rings. The molecule has 0 aromatic rings. The molecular weight excluding hydrogens is 188 g/mol. The van der Waals surface area contributed by atoms with Gasteiger partial charge in [-0.2, -0.15) is 5.26 Å². The van der Waals surface area contributed by atoms with Crippen LogP contribution in [0.5, 0.6) is 0 Å². The Hall–Kier alpha value is -0.590. The fourth-order valence-electron chi connectivity index (χ4n) is 2.45. The highest BCUT2D eigenvalue weighted by Gasteiger charge is 2.36. The molecule has 86 valence electrons. The van der Waals surface area contributed by atoms with Gasteiger partial charge in [0, 0.05) is 6.54 Å². The molecule has 0 radical (unpaired) electrons. The van der Waals surface area contributed by atoms with Crippen LogP contribution in [0.1, 0.15) is 39.5 Å². The summed E-state index contributed by atoms with van der Waals surface area (Å²) in [7, 11) is 0. The van der Waals surface area contributed by atoms with Crippen LogP contribution in [0.3, 0.4) is 0 Å². The van der Waals surface area contributed by atoms with Crippen LogP contribution in [0.15, 0.2) is 0 Å². The summed E-state index contributed by atoms with van der Waals surface area (Å²) in [6.07, 6.45) is 3.27. The van der Waals surface area contributed by atoms with E-state index in [1.807, 2.05) is 6.92 Å². The lowest BCUT2D eigenvalue weighted by Gasteiger charge is -2.30. The summed E-state index contributed by atoms with van der Waals surface area (Å²) in [4.78, 5) is 2.35. The molecule has 3 heteroatoms. The highest BCUT2D eigenvalue weighted by molar-refractivity contribution is 4.99. The van der Waals surface area contributed by atoms with Crippen molar-refractivity contribution >= 4 is 0 Å². The van der Waals surface area contributed by atoms with Crippen molar-refractivity contribution in [3.05, 3.63) is 0 Å². The van der Waals surface area contributed by atoms with Gasteiger partial charge in [0.25, 0.3) is 0 Å². The Balaban J connectivity index is 2.65. The third-order valence-electron chi connectivity index (χ3n) is 3.60. The second kappa shape index (κ2) is 5.48. The van der Waals surface area contributed by atoms with E-state index in [0.29, 0.717) is 0 Å². The van der Waals surface area contributed by atoms with Gasteiger partial charge in [0.2, 0.25) is 0 Å². The predicted molar refractivity (Wildman–Crippen MR) is 60.3 cm³/mol. The van der Waals surface area contributed by atoms with Crippen LogP contribution in [-0.2, 0) is 0 Å². The topological polar surface area (TPSA) is 47.3 Å². The van der Waals surface area contributed by atoms with E-state index in [2.05, 4.69) is 17.9 Å². The number of likely N-dealkylation sites (tertiary alicyclic amines) is 1. The zero-order valence-corrected chi connectivity index (χ0v) is 9.87. The molecule has 1 N–H and O–H groups in total. The van der Waals surface area contributed by atoms with Gasteiger partial charge in [-0.1, -0.05) is 13.8 Å². The third kappa shape index (κ3) is 2.93. The molecule has 1 fully saturated rings. The quantitative estimate of drug-likeness (QED) is 0.772. The Morgan fingerprint density at radius 2 is 2.13 bits per heavy atom. The molecule has 0 aromatic carbocycles. The first kappa shape index (κ1) is 12.5. The molecule has 0 saturated carbocycles. The number of hydrogen-bond donors (Lipinski definition) is 1. The van der Waals surface area contributed by atoms with Crippen molar-refractivity contribution in [1.29, 1.82) is 5.26 Å². The van der Waals surface area contributed by atoms with E-state index >= 15 is 0 Å². The first-order chi connectivity index (χ1) is 7.16. The molecular formula is C12H22N2O. The second-order valence-electron chi connectivity index (χ2n) is 4.48. The number of rotatable bonds is 3. The van der Waals surface area contributed by atoms with Gasteiger partial charge in [0.15, 0.2) is 0 Å². The number of nitriles is 1. The van der Waals surface area contributed by atoms with Crippen molar-refractivity contribution < 1.29 is 5.11 Å². The van der Waals surface area contributed by atoms with Crippen molar-refractivity contribution in [1.82, 2.24) is 4.90 Å². The molecule has 0 amide bonds. The predicted octanol–water partition coefficient (Wildman–Crippen LogP) is 1.77. The van der Waals surface area contributed by atoms with Gasteiger partial charge < -0.3 is 10.0 Å². The average Bonchev–Trinajstić information content (AvgIpc) is 2.42. The van der Waals surface area contributed by atoms with Crippen molar-refractivity contribution in [3.8, 4) is 6.07 Å². The SMILES string of the molecule is CCC(C#N)C1(O)CCCN(CC)CC1. The molecule has 1 saturated heterocycles. The second-order valence-corrected chi connectivity index (χ2v) is 4.48. The minimum absolute atomic E-state index is 0.200. The maximum atomic E-state index is 10.5. The van der Waals surface area contributed by atoms with Gasteiger partial charge >= 0.3 is 0 Å². The van der Waals surface area contributed by atoms with Crippen molar-refractivity contribution in [2.75, 3.05) is 19.6 Å². The summed E-state index contributed by atoms with van der Waals surface area (Å²) in [6, 6.07) is 2.25. The summed E-state index contributed by atoms with van der Waals surface area (Å²) in [5.41, 5.74) is -0.743. The van der Waals surface area contributed by atoms with E-state index in [1.54, 1.807) is 0 Å². The lowest BCUT2D eigenvalue weighted by Crippen LogP contribution is -2.38. The fourth-order valence-corrected chi connectivity index (χ4v) is 2.45. The first-order valence-corrected chi connectivity index (χ1v) is 6.00. The Morgan fingerprint density at radius 1 is 1.40 bits per heavy atom. The first-order valence-electron chi connectivity index (χ1n) is 6.00. The summed E-state index contributed by atoms with van der Waals surface area (Å²) in [5, 5.41) is 19.5. The van der Waals surface area contributed by atoms with E-state index in [0.717, 1.165) is 45.3 Å². The van der Waals surface area contributed by atoms with Gasteiger partial charge in [-0.25, -0.2) is 0 Å². The van der Waals surface area contributed by atoms with Crippen LogP contribution >= 0.6 is 0 Å². The number of hydrogen-bond acceptors (Lipinski definition) is 3. The average molecular weight is 210 g/mol. The third-order valence-corrected chi connectivity index (χ3v) is 3.60. The smallest absolute Gasteiger partial charge is 0.0817 e. The largest absolute Gasteiger partial charge is 0.388 e. The zero-order chi connectivity index (χ0) is 11.3. The van der Waals surface area contributed by atoms with E-state index < -0.39 is 5.60 Å². The normalized spacial score (nSPS) is 30.5. The van der Waals surface area contributed by atoms with E-state index in [1.165, 1.54) is 0 Å². The molecule has 0 aromatic heterocycles. The summed E-state index contributed by atoms with van der Waals surface area (Å²) < 4.78 is 0. The lowest BCUT2D eigenvalue weighted by atomic mass is 9.81. The molecule has 2 unspecified atom stereocenters. The molecule has 0 spiro atoms. The van der Waals surface area contributed by atoms with E-state index in [4.69, 9.17) is 5.26 Å². The van der Waals surface area contributed by atoms with Crippen LogP contribution < -0.4 is 0 Å². The summed E-state index contributed by atoms with van der Waals surface area (Å²) in [5.74, 6) is -0.200. The molecule has 1 rings (SSSR count). The molecule has 0 aliphatic carbocycles. The Labute approximate surface area is 92.7 Å². The van der Waals surface area contributed by atoms with Crippen LogP contribution in [0.4, 0.5) is 0 Å². The Morgan fingerprint density at radius 3 is 2.67 bits per heavy atom. The molecule has 1 heterocycles. The van der Waals surface area contributed by atoms with Crippen molar-refractivity contribution in [2.45, 2.75) is 45.1 Å². The van der Waals surface area contributed by atoms with Crippen molar-refractivity contribution in [3.63, 3.8) is 0 Å². The van der Waals surface area contributed by atoms with Crippen LogP contribution in [-0.4, -0.2) is 35.2 Å². The van der Waals surface area contributed by atoms with Gasteiger partial charge in [-0.05, 0) is 38.8 Å². The van der Waals surface area contributed by atoms with Gasteiger partial charge in [0.1, 0.15) is 0 Å². The standard InChI is InChI=1S/C12H22N2O/c1-3-11(10-13)12(15)6-5-8-14(4-2)9-7-12/h11,15H,3-9H2,1-2H3. The maximum Gasteiger partial charge on any atom is 0.0817 e. The highest BCUT2D eigenvalue weighted by Crippen LogP contribution is 2.31. The molecule has 3 nitrogen and oxygen atoms in total. The number of aliphatic hydroxyl groups is 1. The molecule has 15 heavy (non-hydrogen) atoms. The monoisotopic (exact) mass is 210 g/mol. The summed E-state index contributed by atoms with van der Waals surface area (Å²) in [6.45, 7) is 7.14. The van der Waals surface area contributed by atoms with Gasteiger partial charge in [-0.15, -0.1) is 0 Å². The van der Waals surface area contributed by atoms with Crippen LogP contribution in [0.2, 0.25) is 0 Å². The van der Waals surface area contributed by atoms with E-state index in [9.17, 15) is 5.11 Å². The van der Waals surface area contributed by atoms with Gasteiger partial charge in [0.05, 0.1) is 17.6 Å². The Bertz CT molecular complexity index is 236. The van der Waals surface area contributed by atoms with Crippen LogP contribution in [0.25, 0.3) is 0 Å². The minimum atomic E-state index is -0.743. The fraction of sp³-hybridized carbons (Fsp3) is 0.917. The number of nitrogens with zero attached hydrogens (tertiary/aromatic N) is 2. The Kier molecular flexibility index (Phi) is 4.56. The highest BCUT2D eigenvalue weighted by atomic mass is 16.3. The maximum absolute atomic E-state index is 10.5. The van der Waals surface area contributed by atoms with E-state index in [-0.39, 0.29) is 5.92 Å². The zero-order valence-electron chi connectivity index (χ0n) is 9.87. The molecule has 2 atom stereocenters. The minimum Gasteiger partial charge on any atom is -0.388 e. The molecule has 1 aliphatic heterocycles. The summed E-state index contributed by atoms with van der Waals surface area (Å²) >= 11 is 0. The van der Waals surface area contributed by atoms with Crippen molar-refractivity contribution in [2.24, 2.45) is 5.92 Å². The van der Waals surface area contributed by atoms with Gasteiger partial charge in [-0.3, -0.25) is 0 Å². The molecule has 0 bridgehead atoms.